The van der Waals surface area contributed by atoms with Crippen LogP contribution in [0.3, 0.4) is 0 Å². The molecule has 0 aliphatic heterocycles. The van der Waals surface area contributed by atoms with Crippen LogP contribution in [0.1, 0.15) is 12.0 Å². The van der Waals surface area contributed by atoms with Crippen molar-refractivity contribution in [3.05, 3.63) is 53.1 Å². The van der Waals surface area contributed by atoms with Crippen molar-refractivity contribution in [3.63, 3.8) is 0 Å². The summed E-state index contributed by atoms with van der Waals surface area (Å²) in [6, 6.07) is 13.2. The summed E-state index contributed by atoms with van der Waals surface area (Å²) in [5.41, 5.74) is 7.55. The van der Waals surface area contributed by atoms with Crippen molar-refractivity contribution in [2.24, 2.45) is 0 Å². The van der Waals surface area contributed by atoms with Crippen LogP contribution >= 0.6 is 11.6 Å². The molecule has 0 aromatic heterocycles. The van der Waals surface area contributed by atoms with Crippen LogP contribution in [-0.4, -0.2) is 13.2 Å². The normalized spacial score (nSPS) is 10.3. The number of nitrogens with two attached hydrogens (primary N) is 1. The highest BCUT2D eigenvalue weighted by Crippen LogP contribution is 2.25. The van der Waals surface area contributed by atoms with Gasteiger partial charge in [-0.2, -0.15) is 0 Å². The molecule has 3 nitrogen and oxygen atoms in total. The smallest absolute Gasteiger partial charge is 0.142 e. The fraction of sp³-hybridized carbons (Fsp3) is 0.250. The number of hydrogen-bond donors (Lipinski definition) is 1. The molecule has 20 heavy (non-hydrogen) atoms. The molecule has 0 atom stereocenters. The van der Waals surface area contributed by atoms with E-state index in [0.717, 1.165) is 12.0 Å². The Morgan fingerprint density at radius 3 is 2.40 bits per heavy atom. The number of ether oxygens (including phenoxy) is 2. The maximum atomic E-state index is 6.09. The van der Waals surface area contributed by atoms with Gasteiger partial charge in [-0.25, -0.2) is 0 Å². The van der Waals surface area contributed by atoms with Gasteiger partial charge in [0.2, 0.25) is 0 Å². The summed E-state index contributed by atoms with van der Waals surface area (Å²) in [7, 11) is 0. The summed E-state index contributed by atoms with van der Waals surface area (Å²) in [6.45, 7) is 3.10. The fourth-order valence-corrected chi connectivity index (χ4v) is 2.05. The van der Waals surface area contributed by atoms with Crippen LogP contribution in [0.2, 0.25) is 5.02 Å². The molecule has 0 bridgehead atoms. The molecule has 0 aliphatic carbocycles. The van der Waals surface area contributed by atoms with E-state index in [1.54, 1.807) is 0 Å². The van der Waals surface area contributed by atoms with Crippen molar-refractivity contribution in [2.45, 2.75) is 13.3 Å². The Morgan fingerprint density at radius 2 is 1.70 bits per heavy atom. The van der Waals surface area contributed by atoms with Crippen molar-refractivity contribution in [3.8, 4) is 11.5 Å². The minimum atomic E-state index is 0.551. The van der Waals surface area contributed by atoms with E-state index in [2.05, 4.69) is 0 Å². The topological polar surface area (TPSA) is 44.5 Å². The van der Waals surface area contributed by atoms with Crippen molar-refractivity contribution < 1.29 is 9.47 Å². The van der Waals surface area contributed by atoms with E-state index in [-0.39, 0.29) is 0 Å². The molecule has 2 N–H and O–H groups in total. The minimum absolute atomic E-state index is 0.551. The molecule has 0 saturated carbocycles. The van der Waals surface area contributed by atoms with Gasteiger partial charge in [-0.05, 0) is 36.8 Å². The molecule has 4 heteroatoms. The van der Waals surface area contributed by atoms with Gasteiger partial charge in [-0.1, -0.05) is 29.8 Å². The second-order valence-corrected chi connectivity index (χ2v) is 4.93. The Labute approximate surface area is 124 Å². The molecule has 0 saturated heterocycles. The standard InChI is InChI=1S/C16H18ClNO2/c1-12-7-8-15(13(17)11-12)19-9-4-10-20-16-6-3-2-5-14(16)18/h2-3,5-8,11H,4,9-10,18H2,1H3. The number of benzene rings is 2. The van der Waals surface area contributed by atoms with Crippen LogP contribution < -0.4 is 15.2 Å². The lowest BCUT2D eigenvalue weighted by Crippen LogP contribution is -2.06. The molecule has 106 valence electrons. The number of aryl methyl sites for hydroxylation is 1. The van der Waals surface area contributed by atoms with Crippen LogP contribution in [0.25, 0.3) is 0 Å². The first-order valence-electron chi connectivity index (χ1n) is 6.53. The van der Waals surface area contributed by atoms with E-state index in [1.807, 2.05) is 49.4 Å². The van der Waals surface area contributed by atoms with Gasteiger partial charge >= 0.3 is 0 Å². The third-order valence-electron chi connectivity index (χ3n) is 2.81. The van der Waals surface area contributed by atoms with E-state index in [4.69, 9.17) is 26.8 Å². The number of halogens is 1. The first kappa shape index (κ1) is 14.5. The predicted octanol–water partition coefficient (Wildman–Crippen LogP) is 4.08. The molecule has 0 unspecified atom stereocenters. The average molecular weight is 292 g/mol. The summed E-state index contributed by atoms with van der Waals surface area (Å²) in [4.78, 5) is 0. The molecule has 0 spiro atoms. The fourth-order valence-electron chi connectivity index (χ4n) is 1.76. The van der Waals surface area contributed by atoms with Gasteiger partial charge in [0.05, 0.1) is 23.9 Å². The molecule has 0 heterocycles. The lowest BCUT2D eigenvalue weighted by atomic mass is 10.2. The maximum absolute atomic E-state index is 6.09. The van der Waals surface area contributed by atoms with E-state index in [1.165, 1.54) is 0 Å². The number of rotatable bonds is 6. The third kappa shape index (κ3) is 4.07. The van der Waals surface area contributed by atoms with Crippen LogP contribution in [-0.2, 0) is 0 Å². The highest BCUT2D eigenvalue weighted by Gasteiger charge is 2.02. The summed E-state index contributed by atoms with van der Waals surface area (Å²) >= 11 is 6.09. The van der Waals surface area contributed by atoms with Crippen LogP contribution in [0, 0.1) is 6.92 Å². The van der Waals surface area contributed by atoms with Gasteiger partial charge < -0.3 is 15.2 Å². The Balaban J connectivity index is 1.73. The Bertz CT molecular complexity index is 572. The summed E-state index contributed by atoms with van der Waals surface area (Å²) < 4.78 is 11.2. The predicted molar refractivity (Wildman–Crippen MR) is 82.7 cm³/mol. The quantitative estimate of drug-likeness (QED) is 0.644. The van der Waals surface area contributed by atoms with Crippen LogP contribution in [0.4, 0.5) is 5.69 Å². The van der Waals surface area contributed by atoms with Crippen molar-refractivity contribution in [1.29, 1.82) is 0 Å². The van der Waals surface area contributed by atoms with Gasteiger partial charge in [0.1, 0.15) is 11.5 Å². The van der Waals surface area contributed by atoms with Gasteiger partial charge in [0.15, 0.2) is 0 Å². The first-order valence-corrected chi connectivity index (χ1v) is 6.91. The molecule has 2 rings (SSSR count). The number of anilines is 1. The third-order valence-corrected chi connectivity index (χ3v) is 3.11. The summed E-state index contributed by atoms with van der Waals surface area (Å²) in [5, 5.41) is 0.637. The van der Waals surface area contributed by atoms with E-state index >= 15 is 0 Å². The molecular weight excluding hydrogens is 274 g/mol. The average Bonchev–Trinajstić information content (AvgIpc) is 2.42. The largest absolute Gasteiger partial charge is 0.492 e. The van der Waals surface area contributed by atoms with Crippen LogP contribution in [0.15, 0.2) is 42.5 Å². The van der Waals surface area contributed by atoms with Crippen molar-refractivity contribution >= 4 is 17.3 Å². The molecule has 0 aliphatic rings. The highest BCUT2D eigenvalue weighted by atomic mass is 35.5. The summed E-state index contributed by atoms with van der Waals surface area (Å²) in [6.07, 6.45) is 0.762. The van der Waals surface area contributed by atoms with Gasteiger partial charge in [0, 0.05) is 6.42 Å². The Morgan fingerprint density at radius 1 is 1.00 bits per heavy atom. The molecule has 2 aromatic carbocycles. The maximum Gasteiger partial charge on any atom is 0.142 e. The first-order chi connectivity index (χ1) is 9.66. The lowest BCUT2D eigenvalue weighted by Gasteiger charge is -2.10. The number of para-hydroxylation sites is 2. The van der Waals surface area contributed by atoms with E-state index < -0.39 is 0 Å². The highest BCUT2D eigenvalue weighted by molar-refractivity contribution is 6.32. The molecular formula is C16H18ClNO2. The monoisotopic (exact) mass is 291 g/mol. The zero-order valence-corrected chi connectivity index (χ0v) is 12.2. The molecule has 2 aromatic rings. The second kappa shape index (κ2) is 7.06. The van der Waals surface area contributed by atoms with E-state index in [9.17, 15) is 0 Å². The Kier molecular flexibility index (Phi) is 5.13. The molecule has 0 fully saturated rings. The van der Waals surface area contributed by atoms with Crippen LogP contribution in [0.5, 0.6) is 11.5 Å². The Hall–Kier alpha value is -1.87. The van der Waals surface area contributed by atoms with Gasteiger partial charge in [-0.3, -0.25) is 0 Å². The van der Waals surface area contributed by atoms with Gasteiger partial charge in [-0.15, -0.1) is 0 Å². The lowest BCUT2D eigenvalue weighted by molar-refractivity contribution is 0.248. The van der Waals surface area contributed by atoms with Crippen molar-refractivity contribution in [2.75, 3.05) is 18.9 Å². The molecule has 0 amide bonds. The molecule has 0 radical (unpaired) electrons. The zero-order valence-electron chi connectivity index (χ0n) is 11.4. The summed E-state index contributed by atoms with van der Waals surface area (Å²) in [5.74, 6) is 1.41. The SMILES string of the molecule is Cc1ccc(OCCCOc2ccccc2N)c(Cl)c1. The number of hydrogen-bond acceptors (Lipinski definition) is 3. The van der Waals surface area contributed by atoms with E-state index in [0.29, 0.717) is 35.4 Å². The number of nitrogen functional groups attached to an aromatic ring is 1. The minimum Gasteiger partial charge on any atom is -0.492 e. The van der Waals surface area contributed by atoms with Crippen molar-refractivity contribution in [1.82, 2.24) is 0 Å². The second-order valence-electron chi connectivity index (χ2n) is 4.52. The van der Waals surface area contributed by atoms with Gasteiger partial charge in [0.25, 0.3) is 0 Å². The zero-order chi connectivity index (χ0) is 14.4.